The van der Waals surface area contributed by atoms with Gasteiger partial charge in [-0.3, -0.25) is 4.18 Å². The van der Waals surface area contributed by atoms with Crippen LogP contribution in [0.3, 0.4) is 0 Å². The molecule has 1 aliphatic rings. The molecule has 0 amide bonds. The molecular formula is C23H29FO4S. The van der Waals surface area contributed by atoms with Crippen molar-refractivity contribution in [3.63, 3.8) is 0 Å². The van der Waals surface area contributed by atoms with Gasteiger partial charge in [0.1, 0.15) is 5.82 Å². The summed E-state index contributed by atoms with van der Waals surface area (Å²) in [5, 5.41) is 11.4. The first-order valence-corrected chi connectivity index (χ1v) is 11.6. The highest BCUT2D eigenvalue weighted by atomic mass is 32.2. The van der Waals surface area contributed by atoms with Gasteiger partial charge < -0.3 is 5.11 Å². The zero-order chi connectivity index (χ0) is 21.1. The Balaban J connectivity index is 1.74. The lowest BCUT2D eigenvalue weighted by Gasteiger charge is -2.41. The minimum Gasteiger partial charge on any atom is -0.389 e. The summed E-state index contributed by atoms with van der Waals surface area (Å²) in [7, 11) is -3.87. The van der Waals surface area contributed by atoms with E-state index in [1.807, 2.05) is 6.92 Å². The van der Waals surface area contributed by atoms with Crippen molar-refractivity contribution in [1.82, 2.24) is 0 Å². The molecule has 1 aliphatic carbocycles. The highest BCUT2D eigenvalue weighted by molar-refractivity contribution is 7.86. The van der Waals surface area contributed by atoms with Crippen molar-refractivity contribution in [2.45, 2.75) is 68.8 Å². The molecule has 29 heavy (non-hydrogen) atoms. The van der Waals surface area contributed by atoms with Gasteiger partial charge in [-0.25, -0.2) is 4.39 Å². The molecule has 2 atom stereocenters. The highest BCUT2D eigenvalue weighted by Gasteiger charge is 2.41. The maximum Gasteiger partial charge on any atom is 0.296 e. The number of benzene rings is 2. The summed E-state index contributed by atoms with van der Waals surface area (Å²) in [6, 6.07) is 11.2. The standard InChI is InChI=1S/C23H29FO4S/c1-3-4-5-22-21-11-8-19(24)16-18(21)12-13-23(22,25)14-15-28-29(26,27)20-9-6-17(2)7-10-20/h6-11,16,22,25H,3-5,12-15H2,1-2H3/t22-,23+/m0/s1. The maximum absolute atomic E-state index is 13.6. The van der Waals surface area contributed by atoms with Gasteiger partial charge in [-0.2, -0.15) is 8.42 Å². The summed E-state index contributed by atoms with van der Waals surface area (Å²) in [4.78, 5) is 0.113. The predicted molar refractivity (Wildman–Crippen MR) is 111 cm³/mol. The van der Waals surface area contributed by atoms with Gasteiger partial charge in [-0.1, -0.05) is 43.5 Å². The first-order valence-electron chi connectivity index (χ1n) is 10.2. The molecule has 0 fully saturated rings. The third kappa shape index (κ3) is 5.05. The molecule has 4 nitrogen and oxygen atoms in total. The van der Waals surface area contributed by atoms with Crippen LogP contribution >= 0.6 is 0 Å². The second kappa shape index (κ2) is 8.94. The average Bonchev–Trinajstić information content (AvgIpc) is 2.67. The first-order chi connectivity index (χ1) is 13.7. The monoisotopic (exact) mass is 420 g/mol. The Hall–Kier alpha value is -1.76. The van der Waals surface area contributed by atoms with Gasteiger partial charge in [0.15, 0.2) is 0 Å². The number of unbranched alkanes of at least 4 members (excludes halogenated alkanes) is 1. The number of hydrogen-bond acceptors (Lipinski definition) is 4. The van der Waals surface area contributed by atoms with Gasteiger partial charge in [0, 0.05) is 12.3 Å². The molecule has 6 heteroatoms. The fourth-order valence-electron chi connectivity index (χ4n) is 4.18. The van der Waals surface area contributed by atoms with Crippen LogP contribution in [-0.4, -0.2) is 25.7 Å². The predicted octanol–water partition coefficient (Wildman–Crippen LogP) is 4.88. The van der Waals surface area contributed by atoms with E-state index in [-0.39, 0.29) is 29.7 Å². The van der Waals surface area contributed by atoms with E-state index in [1.165, 1.54) is 18.2 Å². The molecule has 2 aromatic rings. The van der Waals surface area contributed by atoms with E-state index in [2.05, 4.69) is 6.92 Å². The second-order valence-electron chi connectivity index (χ2n) is 7.98. The molecular weight excluding hydrogens is 391 g/mol. The lowest BCUT2D eigenvalue weighted by atomic mass is 9.68. The number of hydrogen-bond donors (Lipinski definition) is 1. The van der Waals surface area contributed by atoms with Crippen LogP contribution in [-0.2, 0) is 20.7 Å². The second-order valence-corrected chi connectivity index (χ2v) is 9.60. The smallest absolute Gasteiger partial charge is 0.296 e. The fourth-order valence-corrected chi connectivity index (χ4v) is 5.09. The molecule has 0 heterocycles. The van der Waals surface area contributed by atoms with E-state index in [0.29, 0.717) is 12.8 Å². The molecule has 3 rings (SSSR count). The summed E-state index contributed by atoms with van der Waals surface area (Å²) < 4.78 is 43.7. The molecule has 0 saturated heterocycles. The summed E-state index contributed by atoms with van der Waals surface area (Å²) in [6.45, 7) is 3.88. The van der Waals surface area contributed by atoms with Crippen LogP contribution in [0.2, 0.25) is 0 Å². The molecule has 0 saturated carbocycles. The molecule has 1 N–H and O–H groups in total. The Morgan fingerprint density at radius 2 is 1.93 bits per heavy atom. The molecule has 2 aromatic carbocycles. The number of fused-ring (bicyclic) bond motifs is 1. The van der Waals surface area contributed by atoms with Crippen LogP contribution in [0.5, 0.6) is 0 Å². The summed E-state index contributed by atoms with van der Waals surface area (Å²) >= 11 is 0. The third-order valence-electron chi connectivity index (χ3n) is 5.89. The van der Waals surface area contributed by atoms with Gasteiger partial charge in [0.25, 0.3) is 10.1 Å². The minimum atomic E-state index is -3.87. The van der Waals surface area contributed by atoms with E-state index < -0.39 is 15.7 Å². The quantitative estimate of drug-likeness (QED) is 0.618. The van der Waals surface area contributed by atoms with Gasteiger partial charge in [0.2, 0.25) is 0 Å². The Bertz CT molecular complexity index is 940. The van der Waals surface area contributed by atoms with E-state index in [0.717, 1.165) is 36.0 Å². The Morgan fingerprint density at radius 1 is 1.21 bits per heavy atom. The van der Waals surface area contributed by atoms with E-state index in [1.54, 1.807) is 24.3 Å². The molecule has 0 unspecified atom stereocenters. The third-order valence-corrected chi connectivity index (χ3v) is 7.21. The number of aryl methyl sites for hydroxylation is 2. The fraction of sp³-hybridized carbons (Fsp3) is 0.478. The Kier molecular flexibility index (Phi) is 6.76. The molecule has 0 aliphatic heterocycles. The molecule has 0 bridgehead atoms. The van der Waals surface area contributed by atoms with Crippen LogP contribution < -0.4 is 0 Å². The van der Waals surface area contributed by atoms with Crippen molar-refractivity contribution < 1.29 is 22.1 Å². The Labute approximate surface area is 172 Å². The van der Waals surface area contributed by atoms with Crippen molar-refractivity contribution >= 4 is 10.1 Å². The van der Waals surface area contributed by atoms with Crippen molar-refractivity contribution in [1.29, 1.82) is 0 Å². The van der Waals surface area contributed by atoms with Gasteiger partial charge >= 0.3 is 0 Å². The molecule has 158 valence electrons. The summed E-state index contributed by atoms with van der Waals surface area (Å²) in [5.74, 6) is -0.423. The van der Waals surface area contributed by atoms with Crippen LogP contribution in [0.4, 0.5) is 4.39 Å². The zero-order valence-electron chi connectivity index (χ0n) is 17.0. The number of aliphatic hydroxyl groups is 1. The SMILES string of the molecule is CCCC[C@H]1c2ccc(F)cc2CC[C@@]1(O)CCOS(=O)(=O)c1ccc(C)cc1. The van der Waals surface area contributed by atoms with Crippen molar-refractivity contribution in [2.75, 3.05) is 6.61 Å². The van der Waals surface area contributed by atoms with Gasteiger partial charge in [-0.15, -0.1) is 0 Å². The average molecular weight is 421 g/mol. The van der Waals surface area contributed by atoms with Crippen molar-refractivity contribution in [3.8, 4) is 0 Å². The van der Waals surface area contributed by atoms with Crippen LogP contribution in [0.1, 0.15) is 61.6 Å². The lowest BCUT2D eigenvalue weighted by Crippen LogP contribution is -2.41. The van der Waals surface area contributed by atoms with Gasteiger partial charge in [0.05, 0.1) is 17.1 Å². The van der Waals surface area contributed by atoms with Crippen LogP contribution in [0.15, 0.2) is 47.4 Å². The summed E-state index contributed by atoms with van der Waals surface area (Å²) in [6.07, 6.45) is 3.94. The zero-order valence-corrected chi connectivity index (χ0v) is 17.8. The van der Waals surface area contributed by atoms with Gasteiger partial charge in [-0.05, 0) is 61.6 Å². The van der Waals surface area contributed by atoms with Crippen LogP contribution in [0.25, 0.3) is 0 Å². The first kappa shape index (κ1) is 21.9. The molecule has 0 aromatic heterocycles. The normalized spacial score (nSPS) is 21.7. The van der Waals surface area contributed by atoms with Crippen molar-refractivity contribution in [2.24, 2.45) is 0 Å². The van der Waals surface area contributed by atoms with Crippen molar-refractivity contribution in [3.05, 3.63) is 65.0 Å². The number of rotatable bonds is 8. The minimum absolute atomic E-state index is 0.0914. The number of halogens is 1. The lowest BCUT2D eigenvalue weighted by molar-refractivity contribution is -0.0227. The van der Waals surface area contributed by atoms with Crippen LogP contribution in [0, 0.1) is 12.7 Å². The highest BCUT2D eigenvalue weighted by Crippen LogP contribution is 2.44. The maximum atomic E-state index is 13.6. The topological polar surface area (TPSA) is 63.6 Å². The van der Waals surface area contributed by atoms with E-state index in [9.17, 15) is 17.9 Å². The Morgan fingerprint density at radius 3 is 2.62 bits per heavy atom. The molecule has 0 radical (unpaired) electrons. The molecule has 0 spiro atoms. The largest absolute Gasteiger partial charge is 0.389 e. The summed E-state index contributed by atoms with van der Waals surface area (Å²) in [5.41, 5.74) is 1.80. The van der Waals surface area contributed by atoms with E-state index >= 15 is 0 Å². The van der Waals surface area contributed by atoms with E-state index in [4.69, 9.17) is 4.18 Å².